The van der Waals surface area contributed by atoms with Crippen LogP contribution in [0.2, 0.25) is 0 Å². The first kappa shape index (κ1) is 29.1. The molecule has 0 spiro atoms. The highest BCUT2D eigenvalue weighted by Gasteiger charge is 2.18. The van der Waals surface area contributed by atoms with E-state index in [9.17, 15) is 0 Å². The maximum absolute atomic E-state index is 2.49. The minimum absolute atomic E-state index is 0. The van der Waals surface area contributed by atoms with Crippen LogP contribution in [0.4, 0.5) is 0 Å². The minimum Gasteiger partial charge on any atom is -1.00 e. The van der Waals surface area contributed by atoms with E-state index in [0.717, 1.165) is 13.1 Å². The molecule has 6 heteroatoms. The van der Waals surface area contributed by atoms with Crippen LogP contribution in [-0.4, -0.2) is 9.13 Å². The van der Waals surface area contributed by atoms with E-state index in [4.69, 9.17) is 0 Å². The van der Waals surface area contributed by atoms with E-state index in [1.807, 2.05) is 0 Å². The average molecular weight is 686 g/mol. The monoisotopic (exact) mass is 686 g/mol. The van der Waals surface area contributed by atoms with Gasteiger partial charge in [-0.1, -0.05) is 49.9 Å². The van der Waals surface area contributed by atoms with Crippen LogP contribution in [-0.2, 0) is 27.2 Å². The van der Waals surface area contributed by atoms with Gasteiger partial charge in [-0.2, -0.15) is 0 Å². The van der Waals surface area contributed by atoms with Gasteiger partial charge in [0.2, 0.25) is 0 Å². The Balaban J connectivity index is 0.00000204. The zero-order valence-electron chi connectivity index (χ0n) is 21.2. The lowest BCUT2D eigenvalue weighted by Crippen LogP contribution is -3.00. The number of benzene rings is 2. The van der Waals surface area contributed by atoms with Gasteiger partial charge in [0.15, 0.2) is 22.1 Å². The Morgan fingerprint density at radius 1 is 0.529 bits per heavy atom. The predicted molar refractivity (Wildman–Crippen MR) is 133 cm³/mol. The maximum Gasteiger partial charge on any atom is 0.253 e. The highest BCUT2D eigenvalue weighted by Crippen LogP contribution is 2.15. The molecule has 2 aromatic heterocycles. The molecule has 186 valence electrons. The number of para-hydroxylation sites is 4. The lowest BCUT2D eigenvalue weighted by molar-refractivity contribution is -0.679. The molecule has 0 bridgehead atoms. The Hall–Kier alpha value is -1.16. The third kappa shape index (κ3) is 6.33. The molecule has 4 nitrogen and oxygen atoms in total. The van der Waals surface area contributed by atoms with Crippen LogP contribution in [0.25, 0.3) is 22.1 Å². The lowest BCUT2D eigenvalue weighted by atomic mass is 10.1. The fraction of sp³-hybridized carbons (Fsp3) is 0.500. The summed E-state index contributed by atoms with van der Waals surface area (Å²) in [5.74, 6) is 2.70. The summed E-state index contributed by atoms with van der Waals surface area (Å²) in [6, 6.07) is 17.5. The molecule has 0 saturated carbocycles. The van der Waals surface area contributed by atoms with E-state index in [1.54, 1.807) is 0 Å². The molecule has 0 saturated heterocycles. The van der Waals surface area contributed by atoms with E-state index in [0.29, 0.717) is 0 Å². The normalized spacial score (nSPS) is 11.1. The standard InChI is InChI=1S/C28H40N4.2HI/c1-23-29(3)25-17-11-13-19-27(25)31(23)21-15-9-7-5-6-8-10-16-22-32-24(2)30(4)26-18-12-14-20-28(26)32;;/h11-14,17-20H,5-10,15-16,21-22H2,1-4H3;2*1H/q+2;;/p-2. The molecule has 34 heavy (non-hydrogen) atoms. The summed E-state index contributed by atoms with van der Waals surface area (Å²) < 4.78 is 9.60. The highest BCUT2D eigenvalue weighted by molar-refractivity contribution is 5.72. The van der Waals surface area contributed by atoms with Crippen LogP contribution < -0.4 is 57.1 Å². The fourth-order valence-electron chi connectivity index (χ4n) is 5.18. The van der Waals surface area contributed by atoms with Crippen LogP contribution in [0.5, 0.6) is 0 Å². The van der Waals surface area contributed by atoms with Crippen molar-refractivity contribution in [2.75, 3.05) is 0 Å². The van der Waals surface area contributed by atoms with Crippen molar-refractivity contribution in [2.45, 2.75) is 78.3 Å². The molecule has 0 radical (unpaired) electrons. The predicted octanol–water partition coefficient (Wildman–Crippen LogP) is -0.309. The second kappa shape index (κ2) is 13.8. The highest BCUT2D eigenvalue weighted by atomic mass is 127. The van der Waals surface area contributed by atoms with Crippen molar-refractivity contribution >= 4 is 22.1 Å². The van der Waals surface area contributed by atoms with Crippen molar-refractivity contribution in [2.24, 2.45) is 14.1 Å². The third-order valence-electron chi connectivity index (χ3n) is 7.33. The summed E-state index contributed by atoms with van der Waals surface area (Å²) in [6.07, 6.45) is 10.7. The Labute approximate surface area is 239 Å². The summed E-state index contributed by atoms with van der Waals surface area (Å²) >= 11 is 0. The van der Waals surface area contributed by atoms with Crippen LogP contribution in [0.3, 0.4) is 0 Å². The molecule has 4 aromatic rings. The first-order valence-electron chi connectivity index (χ1n) is 12.5. The zero-order valence-corrected chi connectivity index (χ0v) is 25.5. The van der Waals surface area contributed by atoms with Gasteiger partial charge in [-0.25, -0.2) is 18.3 Å². The largest absolute Gasteiger partial charge is 1.00 e. The molecule has 0 N–H and O–H groups in total. The number of unbranched alkanes of at least 4 members (excludes halogenated alkanes) is 7. The topological polar surface area (TPSA) is 17.6 Å². The molecule has 0 atom stereocenters. The summed E-state index contributed by atoms with van der Waals surface area (Å²) in [6.45, 7) is 6.74. The van der Waals surface area contributed by atoms with Crippen LogP contribution in [0, 0.1) is 13.8 Å². The van der Waals surface area contributed by atoms with E-state index in [2.05, 4.69) is 94.7 Å². The summed E-state index contributed by atoms with van der Waals surface area (Å²) in [4.78, 5) is 0. The van der Waals surface area contributed by atoms with Crippen molar-refractivity contribution in [3.63, 3.8) is 0 Å². The van der Waals surface area contributed by atoms with E-state index in [-0.39, 0.29) is 48.0 Å². The van der Waals surface area contributed by atoms with Gasteiger partial charge in [-0.15, -0.1) is 0 Å². The Morgan fingerprint density at radius 3 is 1.24 bits per heavy atom. The molecule has 0 amide bonds. The average Bonchev–Trinajstić information content (AvgIpc) is 3.20. The Morgan fingerprint density at radius 2 is 0.853 bits per heavy atom. The Kier molecular flexibility index (Phi) is 11.8. The minimum atomic E-state index is 0. The smallest absolute Gasteiger partial charge is 0.253 e. The van der Waals surface area contributed by atoms with Crippen LogP contribution in [0.15, 0.2) is 48.5 Å². The summed E-state index contributed by atoms with van der Waals surface area (Å²) in [5.41, 5.74) is 5.40. The summed E-state index contributed by atoms with van der Waals surface area (Å²) in [5, 5.41) is 0. The van der Waals surface area contributed by atoms with Crippen LogP contribution >= 0.6 is 0 Å². The molecule has 2 aromatic carbocycles. The van der Waals surface area contributed by atoms with Gasteiger partial charge in [0.1, 0.15) is 0 Å². The number of nitrogens with zero attached hydrogens (tertiary/aromatic N) is 4. The molecule has 0 aliphatic carbocycles. The molecule has 0 unspecified atom stereocenters. The number of rotatable bonds is 11. The molecular formula is C28H40I2N4. The number of hydrogen-bond donors (Lipinski definition) is 0. The van der Waals surface area contributed by atoms with Gasteiger partial charge in [-0.05, 0) is 49.9 Å². The summed E-state index contributed by atoms with van der Waals surface area (Å²) in [7, 11) is 4.35. The van der Waals surface area contributed by atoms with Gasteiger partial charge in [0.25, 0.3) is 11.6 Å². The first-order chi connectivity index (χ1) is 15.6. The first-order valence-corrected chi connectivity index (χ1v) is 12.5. The van der Waals surface area contributed by atoms with E-state index in [1.165, 1.54) is 85.1 Å². The van der Waals surface area contributed by atoms with Gasteiger partial charge < -0.3 is 48.0 Å². The number of fused-ring (bicyclic) bond motifs is 2. The van der Waals surface area contributed by atoms with Crippen LogP contribution in [0.1, 0.15) is 63.0 Å². The van der Waals surface area contributed by atoms with Crippen molar-refractivity contribution in [3.8, 4) is 0 Å². The number of halogens is 2. The quantitative estimate of drug-likeness (QED) is 0.117. The van der Waals surface area contributed by atoms with Crippen molar-refractivity contribution in [1.29, 1.82) is 0 Å². The maximum atomic E-state index is 2.49. The Bertz CT molecular complexity index is 1100. The SMILES string of the molecule is Cc1n(C)c2ccccc2[n+]1CCCCCCCCCC[n+]1c(C)n(C)c2ccccc21.[I-].[I-]. The van der Waals surface area contributed by atoms with Crippen molar-refractivity contribution in [1.82, 2.24) is 9.13 Å². The number of aromatic nitrogens is 4. The molecule has 2 heterocycles. The van der Waals surface area contributed by atoms with Gasteiger partial charge >= 0.3 is 0 Å². The molecule has 0 aliphatic rings. The fourth-order valence-corrected chi connectivity index (χ4v) is 5.18. The van der Waals surface area contributed by atoms with Gasteiger partial charge in [-0.3, -0.25) is 0 Å². The van der Waals surface area contributed by atoms with E-state index < -0.39 is 0 Å². The number of hydrogen-bond acceptors (Lipinski definition) is 0. The third-order valence-corrected chi connectivity index (χ3v) is 7.33. The number of aryl methyl sites for hydroxylation is 4. The van der Waals surface area contributed by atoms with Crippen molar-refractivity contribution in [3.05, 3.63) is 60.2 Å². The van der Waals surface area contributed by atoms with E-state index >= 15 is 0 Å². The molecule has 0 aliphatic heterocycles. The van der Waals surface area contributed by atoms with Gasteiger partial charge in [0, 0.05) is 13.8 Å². The second-order valence-corrected chi connectivity index (χ2v) is 9.32. The molecule has 4 rings (SSSR count). The van der Waals surface area contributed by atoms with Gasteiger partial charge in [0.05, 0.1) is 27.2 Å². The van der Waals surface area contributed by atoms with Crippen molar-refractivity contribution < 1.29 is 57.1 Å². The number of imidazole rings is 2. The second-order valence-electron chi connectivity index (χ2n) is 9.32. The molecular weight excluding hydrogens is 646 g/mol. The molecule has 0 fully saturated rings. The lowest BCUT2D eigenvalue weighted by Gasteiger charge is -2.03. The zero-order chi connectivity index (χ0) is 22.5.